The predicted molar refractivity (Wildman–Crippen MR) is 104 cm³/mol. The number of hydrogen-bond acceptors (Lipinski definition) is 5. The second-order valence-corrected chi connectivity index (χ2v) is 6.92. The lowest BCUT2D eigenvalue weighted by atomic mass is 9.96. The zero-order valence-corrected chi connectivity index (χ0v) is 15.7. The number of pyridine rings is 1. The van der Waals surface area contributed by atoms with Gasteiger partial charge < -0.3 is 10.4 Å². The Morgan fingerprint density at radius 1 is 1.15 bits per heavy atom. The molecule has 0 bridgehead atoms. The van der Waals surface area contributed by atoms with E-state index in [0.29, 0.717) is 16.7 Å². The summed E-state index contributed by atoms with van der Waals surface area (Å²) in [7, 11) is 0. The third-order valence-electron chi connectivity index (χ3n) is 4.36. The van der Waals surface area contributed by atoms with Gasteiger partial charge in [0, 0.05) is 40.8 Å². The summed E-state index contributed by atoms with van der Waals surface area (Å²) in [5, 5.41) is 14.7. The summed E-state index contributed by atoms with van der Waals surface area (Å²) in [6.45, 7) is 5.93. The predicted octanol–water partition coefficient (Wildman–Crippen LogP) is 4.13. The minimum atomic E-state index is -1.09. The van der Waals surface area contributed by atoms with Crippen LogP contribution in [0.5, 0.6) is 0 Å². The topological polar surface area (TPSA) is 70.9 Å². The molecule has 0 aliphatic carbocycles. The fourth-order valence-electron chi connectivity index (χ4n) is 2.61. The molecule has 0 amide bonds. The van der Waals surface area contributed by atoms with Gasteiger partial charge in [-0.1, -0.05) is 23.7 Å². The Morgan fingerprint density at radius 2 is 1.96 bits per heavy atom. The van der Waals surface area contributed by atoms with E-state index in [1.165, 1.54) is 0 Å². The van der Waals surface area contributed by atoms with Gasteiger partial charge in [-0.2, -0.15) is 0 Å². The summed E-state index contributed by atoms with van der Waals surface area (Å²) in [6, 6.07) is 11.0. The molecule has 3 rings (SSSR count). The third-order valence-corrected chi connectivity index (χ3v) is 4.59. The zero-order chi connectivity index (χ0) is 18.7. The van der Waals surface area contributed by atoms with Gasteiger partial charge in [-0.15, -0.1) is 0 Å². The second-order valence-electron chi connectivity index (χ2n) is 6.49. The number of halogens is 1. The van der Waals surface area contributed by atoms with Crippen LogP contribution in [0.4, 0.5) is 5.82 Å². The van der Waals surface area contributed by atoms with E-state index in [2.05, 4.69) is 20.3 Å². The molecule has 134 valence electrons. The largest absolute Gasteiger partial charge is 0.384 e. The van der Waals surface area contributed by atoms with E-state index >= 15 is 0 Å². The third kappa shape index (κ3) is 4.00. The van der Waals surface area contributed by atoms with Gasteiger partial charge in [0.05, 0.1) is 0 Å². The van der Waals surface area contributed by atoms with Crippen molar-refractivity contribution < 1.29 is 5.11 Å². The summed E-state index contributed by atoms with van der Waals surface area (Å²) >= 11 is 6.04. The molecule has 1 unspecified atom stereocenters. The highest BCUT2D eigenvalue weighted by Gasteiger charge is 2.24. The molecule has 3 aromatic rings. The Bertz CT molecular complexity index is 913. The first-order chi connectivity index (χ1) is 12.4. The molecule has 0 aliphatic rings. The molecule has 2 aromatic heterocycles. The Labute approximate surface area is 158 Å². The van der Waals surface area contributed by atoms with Crippen molar-refractivity contribution in [2.45, 2.75) is 26.4 Å². The Hall–Kier alpha value is -2.50. The van der Waals surface area contributed by atoms with Crippen LogP contribution < -0.4 is 5.32 Å². The van der Waals surface area contributed by atoms with Gasteiger partial charge in [-0.05, 0) is 50.6 Å². The number of anilines is 1. The van der Waals surface area contributed by atoms with Gasteiger partial charge in [0.1, 0.15) is 11.4 Å². The minimum absolute atomic E-state index is 0.289. The maximum Gasteiger partial charge on any atom is 0.163 e. The van der Waals surface area contributed by atoms with Gasteiger partial charge >= 0.3 is 0 Å². The fourth-order valence-corrected chi connectivity index (χ4v) is 2.80. The van der Waals surface area contributed by atoms with Crippen LogP contribution >= 0.6 is 11.6 Å². The van der Waals surface area contributed by atoms with E-state index < -0.39 is 5.60 Å². The average molecular weight is 369 g/mol. The molecular weight excluding hydrogens is 348 g/mol. The van der Waals surface area contributed by atoms with Gasteiger partial charge in [0.25, 0.3) is 0 Å². The average Bonchev–Trinajstić information content (AvgIpc) is 2.63. The zero-order valence-electron chi connectivity index (χ0n) is 15.0. The van der Waals surface area contributed by atoms with Crippen LogP contribution in [0.2, 0.25) is 5.02 Å². The number of aromatic nitrogens is 3. The van der Waals surface area contributed by atoms with E-state index in [9.17, 15) is 5.11 Å². The molecule has 0 saturated heterocycles. The Kier molecular flexibility index (Phi) is 5.20. The molecule has 26 heavy (non-hydrogen) atoms. The number of aryl methyl sites for hydroxylation is 1. The first-order valence-corrected chi connectivity index (χ1v) is 8.72. The van der Waals surface area contributed by atoms with Crippen LogP contribution in [-0.4, -0.2) is 26.6 Å². The monoisotopic (exact) mass is 368 g/mol. The van der Waals surface area contributed by atoms with Crippen molar-refractivity contribution in [3.63, 3.8) is 0 Å². The highest BCUT2D eigenvalue weighted by molar-refractivity contribution is 6.30. The SMILES string of the molecule is Cc1nc(-c2cccnc2)nc(NCC(C)(O)c2cccc(Cl)c2)c1C. The van der Waals surface area contributed by atoms with Crippen molar-refractivity contribution in [3.8, 4) is 11.4 Å². The Morgan fingerprint density at radius 3 is 2.65 bits per heavy atom. The van der Waals surface area contributed by atoms with E-state index in [-0.39, 0.29) is 6.54 Å². The molecule has 0 aliphatic heterocycles. The lowest BCUT2D eigenvalue weighted by Crippen LogP contribution is -2.31. The molecular formula is C20H21ClN4O. The van der Waals surface area contributed by atoms with E-state index in [0.717, 1.165) is 22.4 Å². The fraction of sp³-hybridized carbons (Fsp3) is 0.250. The van der Waals surface area contributed by atoms with Gasteiger partial charge in [0.2, 0.25) is 0 Å². The van der Waals surface area contributed by atoms with Gasteiger partial charge in [-0.3, -0.25) is 4.98 Å². The number of rotatable bonds is 5. The second kappa shape index (κ2) is 7.40. The Balaban J connectivity index is 1.86. The van der Waals surface area contributed by atoms with E-state index in [1.54, 1.807) is 31.5 Å². The summed E-state index contributed by atoms with van der Waals surface area (Å²) < 4.78 is 0. The summed E-state index contributed by atoms with van der Waals surface area (Å²) in [4.78, 5) is 13.3. The lowest BCUT2D eigenvalue weighted by molar-refractivity contribution is 0.0714. The lowest BCUT2D eigenvalue weighted by Gasteiger charge is -2.25. The molecule has 2 heterocycles. The van der Waals surface area contributed by atoms with Crippen LogP contribution in [-0.2, 0) is 5.60 Å². The number of aliphatic hydroxyl groups is 1. The summed E-state index contributed by atoms with van der Waals surface area (Å²) in [6.07, 6.45) is 3.45. The van der Waals surface area contributed by atoms with Crippen LogP contribution in [0.15, 0.2) is 48.8 Å². The molecule has 5 nitrogen and oxygen atoms in total. The maximum absolute atomic E-state index is 10.8. The smallest absolute Gasteiger partial charge is 0.163 e. The quantitative estimate of drug-likeness (QED) is 0.708. The molecule has 6 heteroatoms. The summed E-state index contributed by atoms with van der Waals surface area (Å²) in [5.74, 6) is 1.30. The minimum Gasteiger partial charge on any atom is -0.384 e. The first kappa shape index (κ1) is 18.3. The molecule has 1 aromatic carbocycles. The number of nitrogens with zero attached hydrogens (tertiary/aromatic N) is 3. The molecule has 0 fully saturated rings. The maximum atomic E-state index is 10.8. The molecule has 0 spiro atoms. The standard InChI is InChI=1S/C20H21ClN4O/c1-13-14(2)24-19(15-6-5-9-22-11-15)25-18(13)23-12-20(3,26)16-7-4-8-17(21)10-16/h4-11,26H,12H2,1-3H3,(H,23,24,25). The summed E-state index contributed by atoms with van der Waals surface area (Å²) in [5.41, 5.74) is 2.32. The molecule has 2 N–H and O–H groups in total. The van der Waals surface area contributed by atoms with Crippen molar-refractivity contribution in [1.29, 1.82) is 0 Å². The number of hydrogen-bond donors (Lipinski definition) is 2. The van der Waals surface area contributed by atoms with Crippen molar-refractivity contribution in [2.24, 2.45) is 0 Å². The van der Waals surface area contributed by atoms with Crippen molar-refractivity contribution in [2.75, 3.05) is 11.9 Å². The normalized spacial score (nSPS) is 13.3. The van der Waals surface area contributed by atoms with Gasteiger partial charge in [-0.25, -0.2) is 9.97 Å². The van der Waals surface area contributed by atoms with Crippen LogP contribution in [0.3, 0.4) is 0 Å². The number of nitrogens with one attached hydrogen (secondary N) is 1. The van der Waals surface area contributed by atoms with Crippen molar-refractivity contribution in [3.05, 3.63) is 70.6 Å². The highest BCUT2D eigenvalue weighted by atomic mass is 35.5. The molecule has 1 atom stereocenters. The van der Waals surface area contributed by atoms with Gasteiger partial charge in [0.15, 0.2) is 5.82 Å². The van der Waals surface area contributed by atoms with Crippen LogP contribution in [0.25, 0.3) is 11.4 Å². The highest BCUT2D eigenvalue weighted by Crippen LogP contribution is 2.26. The van der Waals surface area contributed by atoms with E-state index in [1.807, 2.05) is 38.1 Å². The first-order valence-electron chi connectivity index (χ1n) is 8.35. The molecule has 0 radical (unpaired) electrons. The van der Waals surface area contributed by atoms with Crippen LogP contribution in [0.1, 0.15) is 23.7 Å². The van der Waals surface area contributed by atoms with E-state index in [4.69, 9.17) is 11.6 Å². The molecule has 0 saturated carbocycles. The van der Waals surface area contributed by atoms with Crippen molar-refractivity contribution >= 4 is 17.4 Å². The number of benzene rings is 1. The van der Waals surface area contributed by atoms with Crippen LogP contribution in [0, 0.1) is 13.8 Å². The van der Waals surface area contributed by atoms with Crippen molar-refractivity contribution in [1.82, 2.24) is 15.0 Å².